The van der Waals surface area contributed by atoms with Crippen molar-refractivity contribution >= 4 is 18.5 Å². The number of benzene rings is 4. The molecule has 0 spiro atoms. The van der Waals surface area contributed by atoms with Gasteiger partial charge in [0.15, 0.2) is 0 Å². The molecule has 0 amide bonds. The Kier molecular flexibility index (Phi) is 8.69. The van der Waals surface area contributed by atoms with Gasteiger partial charge in [0.2, 0.25) is 0 Å². The normalized spacial score (nSPS) is 20.5. The fraction of sp³-hybridized carbons (Fsp3) is 0.364. The fourth-order valence-corrected chi connectivity index (χ4v) is 19.6. The third kappa shape index (κ3) is 4.92. The van der Waals surface area contributed by atoms with Crippen LogP contribution < -0.4 is 0 Å². The van der Waals surface area contributed by atoms with Crippen molar-refractivity contribution in [1.82, 2.24) is 0 Å². The molecule has 0 fully saturated rings. The van der Waals surface area contributed by atoms with E-state index in [-0.39, 0.29) is 0 Å². The molecule has 4 atom stereocenters. The summed E-state index contributed by atoms with van der Waals surface area (Å²) in [6, 6.07) is 33.9. The Morgan fingerprint density at radius 3 is 1.30 bits per heavy atom. The summed E-state index contributed by atoms with van der Waals surface area (Å²) in [6.07, 6.45) is 4.73. The minimum atomic E-state index is -2.13. The maximum absolute atomic E-state index is 2.71. The summed E-state index contributed by atoms with van der Waals surface area (Å²) >= 11 is -0.935. The number of hydrogen-bond donors (Lipinski definition) is 0. The van der Waals surface area contributed by atoms with E-state index >= 15 is 0 Å². The Morgan fingerprint density at radius 2 is 0.957 bits per heavy atom. The van der Waals surface area contributed by atoms with Gasteiger partial charge in [-0.2, -0.15) is 0 Å². The standard InChI is InChI=1S/C44H50Si.Zr/c1-9-29(5)33-19-23-35(24-20-33)39-17-13-15-37-27-31(11-3)43(41(37)39)45(7,8)44-32(12-4)28-38-16-14-18-40(42(38)44)36-25-21-34(22-26-36)30(6)10-2;/h13-30H,9-12H2,1-8H3;. The second-order valence-corrected chi connectivity index (χ2v) is 22.5. The van der Waals surface area contributed by atoms with Gasteiger partial charge in [-0.3, -0.25) is 0 Å². The van der Waals surface area contributed by atoms with Gasteiger partial charge in [0.05, 0.1) is 0 Å². The molecule has 0 N–H and O–H groups in total. The minimum absolute atomic E-state index is 0.602. The Hall–Kier alpha value is -2.54. The van der Waals surface area contributed by atoms with Crippen molar-refractivity contribution in [2.24, 2.45) is 0 Å². The Morgan fingerprint density at radius 1 is 0.565 bits per heavy atom. The van der Waals surface area contributed by atoms with E-state index in [9.17, 15) is 0 Å². The first-order valence-electron chi connectivity index (χ1n) is 17.9. The zero-order chi connectivity index (χ0) is 32.3. The van der Waals surface area contributed by atoms with Gasteiger partial charge in [0, 0.05) is 0 Å². The van der Waals surface area contributed by atoms with Crippen LogP contribution in [0.25, 0.3) is 32.6 Å². The molecule has 1 heterocycles. The van der Waals surface area contributed by atoms with Crippen LogP contribution in [0.2, 0.25) is 13.1 Å². The van der Waals surface area contributed by atoms with Gasteiger partial charge in [0.25, 0.3) is 0 Å². The molecular formula is C44H50SiZr. The average molecular weight is 698 g/mol. The zero-order valence-corrected chi connectivity index (χ0v) is 32.7. The Labute approximate surface area is 291 Å². The molecule has 4 aromatic rings. The van der Waals surface area contributed by atoms with Crippen LogP contribution in [-0.4, -0.2) is 8.07 Å². The summed E-state index contributed by atoms with van der Waals surface area (Å²) in [5.74, 6) is 1.20. The van der Waals surface area contributed by atoms with Crippen molar-refractivity contribution in [3.8, 4) is 22.3 Å². The quantitative estimate of drug-likeness (QED) is 0.161. The van der Waals surface area contributed by atoms with Crippen LogP contribution in [0.4, 0.5) is 0 Å². The molecule has 4 bridgehead atoms. The molecule has 0 aromatic heterocycles. The van der Waals surface area contributed by atoms with Gasteiger partial charge < -0.3 is 0 Å². The second kappa shape index (κ2) is 12.5. The summed E-state index contributed by atoms with van der Waals surface area (Å²) in [4.78, 5) is 0. The molecule has 7 rings (SSSR count). The SMILES string of the molecule is CCC1=C2c3c(-c4ccc(C(C)CC)cc4)cccc3[CH]1[Zr][CH]1C(CC)=C(c3c(-c4ccc(C(C)CC)cc4)cccc31)[Si]2(C)C. The predicted molar refractivity (Wildman–Crippen MR) is 199 cm³/mol. The Balaban J connectivity index is 1.43. The first kappa shape index (κ1) is 32.0. The van der Waals surface area contributed by atoms with E-state index in [1.807, 2.05) is 11.1 Å². The van der Waals surface area contributed by atoms with E-state index in [0.29, 0.717) is 19.1 Å². The molecule has 46 heavy (non-hydrogen) atoms. The fourth-order valence-electron chi connectivity index (χ4n) is 8.96. The molecule has 4 unspecified atom stereocenters. The summed E-state index contributed by atoms with van der Waals surface area (Å²) in [7, 11) is -2.13. The number of rotatable bonds is 8. The van der Waals surface area contributed by atoms with Crippen LogP contribution >= 0.6 is 0 Å². The van der Waals surface area contributed by atoms with Crippen molar-refractivity contribution in [1.29, 1.82) is 0 Å². The molecule has 0 nitrogen and oxygen atoms in total. The van der Waals surface area contributed by atoms with E-state index < -0.39 is 31.3 Å². The molecule has 1 aliphatic heterocycles. The van der Waals surface area contributed by atoms with Gasteiger partial charge in [0.1, 0.15) is 0 Å². The molecule has 0 saturated carbocycles. The summed E-state index contributed by atoms with van der Waals surface area (Å²) in [6.45, 7) is 19.6. The molecule has 2 heteroatoms. The van der Waals surface area contributed by atoms with E-state index in [4.69, 9.17) is 0 Å². The molecule has 3 aliphatic rings. The van der Waals surface area contributed by atoms with Gasteiger partial charge in [-0.1, -0.05) is 0 Å². The molecule has 2 aliphatic carbocycles. The first-order chi connectivity index (χ1) is 22.2. The van der Waals surface area contributed by atoms with Crippen LogP contribution in [0.15, 0.2) is 96.1 Å². The maximum atomic E-state index is 2.71. The monoisotopic (exact) mass is 696 g/mol. The predicted octanol–water partition coefficient (Wildman–Crippen LogP) is 13.1. The summed E-state index contributed by atoms with van der Waals surface area (Å²) in [5, 5.41) is 3.57. The zero-order valence-electron chi connectivity index (χ0n) is 29.2. The topological polar surface area (TPSA) is 0 Å². The van der Waals surface area contributed by atoms with Crippen molar-refractivity contribution in [3.05, 3.63) is 129 Å². The Bertz CT molecular complexity index is 1720. The molecule has 234 valence electrons. The molecule has 4 aromatic carbocycles. The number of fused-ring (bicyclic) bond motifs is 8. The van der Waals surface area contributed by atoms with Crippen LogP contribution in [0.5, 0.6) is 0 Å². The van der Waals surface area contributed by atoms with Crippen LogP contribution in [-0.2, 0) is 23.2 Å². The number of hydrogen-bond acceptors (Lipinski definition) is 0. The van der Waals surface area contributed by atoms with Gasteiger partial charge in [-0.25, -0.2) is 0 Å². The number of allylic oxidation sites excluding steroid dienone is 2. The third-order valence-corrected chi connectivity index (χ3v) is 20.3. The summed E-state index contributed by atoms with van der Waals surface area (Å²) in [5.41, 5.74) is 18.9. The van der Waals surface area contributed by atoms with Gasteiger partial charge in [-0.05, 0) is 0 Å². The molecular weight excluding hydrogens is 648 g/mol. The summed E-state index contributed by atoms with van der Waals surface area (Å²) < 4.78 is 1.34. The van der Waals surface area contributed by atoms with E-state index in [2.05, 4.69) is 140 Å². The molecule has 0 radical (unpaired) electrons. The van der Waals surface area contributed by atoms with Crippen molar-refractivity contribution in [3.63, 3.8) is 0 Å². The van der Waals surface area contributed by atoms with Gasteiger partial charge >= 0.3 is 293 Å². The van der Waals surface area contributed by atoms with Crippen molar-refractivity contribution < 1.29 is 23.2 Å². The van der Waals surface area contributed by atoms with E-state index in [1.165, 1.54) is 59.1 Å². The van der Waals surface area contributed by atoms with Gasteiger partial charge in [-0.15, -0.1) is 0 Å². The van der Waals surface area contributed by atoms with Crippen LogP contribution in [0, 0.1) is 0 Å². The average Bonchev–Trinajstić information content (AvgIpc) is 3.62. The van der Waals surface area contributed by atoms with Crippen LogP contribution in [0.3, 0.4) is 0 Å². The van der Waals surface area contributed by atoms with Crippen molar-refractivity contribution in [2.45, 2.75) is 99.4 Å². The molecule has 0 saturated heterocycles. The van der Waals surface area contributed by atoms with E-state index in [1.54, 1.807) is 32.6 Å². The third-order valence-electron chi connectivity index (χ3n) is 11.8. The first-order valence-corrected chi connectivity index (χ1v) is 23.8. The van der Waals surface area contributed by atoms with Crippen molar-refractivity contribution in [2.75, 3.05) is 0 Å². The van der Waals surface area contributed by atoms with E-state index in [0.717, 1.165) is 0 Å². The van der Waals surface area contributed by atoms with Crippen LogP contribution in [0.1, 0.15) is 120 Å². The second-order valence-electron chi connectivity index (χ2n) is 14.6.